The Hall–Kier alpha value is -1.88. The van der Waals surface area contributed by atoms with Crippen LogP contribution in [-0.4, -0.2) is 41.6 Å². The van der Waals surface area contributed by atoms with E-state index in [0.717, 1.165) is 12.0 Å². The summed E-state index contributed by atoms with van der Waals surface area (Å²) in [6.07, 6.45) is 0.407. The Balaban J connectivity index is 1.90. The molecule has 1 saturated heterocycles. The predicted molar refractivity (Wildman–Crippen MR) is 77.6 cm³/mol. The summed E-state index contributed by atoms with van der Waals surface area (Å²) in [4.78, 5) is 25.3. The fourth-order valence-corrected chi connectivity index (χ4v) is 2.73. The number of ether oxygens (including phenoxy) is 1. The number of likely N-dealkylation sites (tertiary alicyclic amines) is 1. The molecule has 1 aliphatic heterocycles. The summed E-state index contributed by atoms with van der Waals surface area (Å²) in [7, 11) is 0. The molecule has 0 aromatic heterocycles. The van der Waals surface area contributed by atoms with Gasteiger partial charge in [-0.1, -0.05) is 43.7 Å². The standard InChI is InChI=1S/C16H21NO4/c1-2-13-8-17(9-14(13)15(19)10-18)16(20)21-11-12-6-4-3-5-7-12/h3-7,13-14,18H,2,8-11H2,1H3/t13-,14-/m1/s1. The molecule has 1 fully saturated rings. The van der Waals surface area contributed by atoms with Crippen LogP contribution >= 0.6 is 0 Å². The number of Topliss-reactive ketones (excluding diaryl/α,β-unsaturated/α-hetero) is 1. The van der Waals surface area contributed by atoms with E-state index in [4.69, 9.17) is 9.84 Å². The fraction of sp³-hybridized carbons (Fsp3) is 0.500. The minimum atomic E-state index is -0.464. The normalized spacial score (nSPS) is 21.3. The molecule has 1 aliphatic rings. The van der Waals surface area contributed by atoms with Crippen molar-refractivity contribution in [3.8, 4) is 0 Å². The van der Waals surface area contributed by atoms with Gasteiger partial charge in [-0.2, -0.15) is 0 Å². The lowest BCUT2D eigenvalue weighted by Gasteiger charge is -2.16. The lowest BCUT2D eigenvalue weighted by Crippen LogP contribution is -2.30. The minimum absolute atomic E-state index is 0.105. The van der Waals surface area contributed by atoms with E-state index in [-0.39, 0.29) is 24.2 Å². The first-order valence-corrected chi connectivity index (χ1v) is 7.24. The predicted octanol–water partition coefficient (Wildman–Crippen LogP) is 1.84. The van der Waals surface area contributed by atoms with Crippen molar-refractivity contribution in [3.63, 3.8) is 0 Å². The lowest BCUT2D eigenvalue weighted by molar-refractivity contribution is -0.126. The van der Waals surface area contributed by atoms with Crippen LogP contribution in [0, 0.1) is 11.8 Å². The zero-order valence-electron chi connectivity index (χ0n) is 12.2. The van der Waals surface area contributed by atoms with Gasteiger partial charge in [0.1, 0.15) is 13.2 Å². The highest BCUT2D eigenvalue weighted by atomic mass is 16.6. The SMILES string of the molecule is CC[C@@H]1CN(C(=O)OCc2ccccc2)C[C@H]1C(=O)CO. The summed E-state index contributed by atoms with van der Waals surface area (Å²) in [5.41, 5.74) is 0.931. The number of aliphatic hydroxyl groups is 1. The molecule has 1 amide bonds. The van der Waals surface area contributed by atoms with Crippen molar-refractivity contribution in [2.45, 2.75) is 20.0 Å². The van der Waals surface area contributed by atoms with E-state index in [1.54, 1.807) is 4.90 Å². The van der Waals surface area contributed by atoms with Crippen LogP contribution < -0.4 is 0 Å². The molecule has 2 rings (SSSR count). The molecule has 0 aliphatic carbocycles. The molecule has 21 heavy (non-hydrogen) atoms. The van der Waals surface area contributed by atoms with Gasteiger partial charge >= 0.3 is 6.09 Å². The van der Waals surface area contributed by atoms with Crippen LogP contribution in [0.25, 0.3) is 0 Å². The molecule has 5 nitrogen and oxygen atoms in total. The second-order valence-corrected chi connectivity index (χ2v) is 5.34. The Morgan fingerprint density at radius 2 is 2.00 bits per heavy atom. The number of rotatable bonds is 5. The van der Waals surface area contributed by atoms with Gasteiger partial charge in [0.25, 0.3) is 0 Å². The molecule has 0 radical (unpaired) electrons. The van der Waals surface area contributed by atoms with E-state index in [1.807, 2.05) is 37.3 Å². The largest absolute Gasteiger partial charge is 0.445 e. The summed E-state index contributed by atoms with van der Waals surface area (Å²) in [5, 5.41) is 9.00. The van der Waals surface area contributed by atoms with Gasteiger partial charge in [0.2, 0.25) is 0 Å². The van der Waals surface area contributed by atoms with Crippen molar-refractivity contribution in [2.24, 2.45) is 11.8 Å². The number of nitrogens with zero attached hydrogens (tertiary/aromatic N) is 1. The highest BCUT2D eigenvalue weighted by Gasteiger charge is 2.38. The number of benzene rings is 1. The number of carbonyl (C=O) groups excluding carboxylic acids is 2. The van der Waals surface area contributed by atoms with Gasteiger partial charge in [-0.05, 0) is 11.5 Å². The zero-order valence-corrected chi connectivity index (χ0v) is 12.2. The topological polar surface area (TPSA) is 66.8 Å². The van der Waals surface area contributed by atoms with E-state index >= 15 is 0 Å². The number of carbonyl (C=O) groups is 2. The Labute approximate surface area is 124 Å². The molecule has 5 heteroatoms. The third-order valence-electron chi connectivity index (χ3n) is 4.00. The Morgan fingerprint density at radius 1 is 1.29 bits per heavy atom. The molecule has 114 valence electrons. The van der Waals surface area contributed by atoms with E-state index in [9.17, 15) is 9.59 Å². The third-order valence-corrected chi connectivity index (χ3v) is 4.00. The fourth-order valence-electron chi connectivity index (χ4n) is 2.73. The Bertz CT molecular complexity index is 488. The smallest absolute Gasteiger partial charge is 0.410 e. The van der Waals surface area contributed by atoms with E-state index in [0.29, 0.717) is 13.1 Å². The molecule has 1 heterocycles. The van der Waals surface area contributed by atoms with Crippen molar-refractivity contribution in [2.75, 3.05) is 19.7 Å². The summed E-state index contributed by atoms with van der Waals surface area (Å²) in [6.45, 7) is 2.60. The maximum Gasteiger partial charge on any atom is 0.410 e. The number of ketones is 1. The first kappa shape index (κ1) is 15.5. The van der Waals surface area contributed by atoms with Crippen LogP contribution in [0.3, 0.4) is 0 Å². The van der Waals surface area contributed by atoms with Gasteiger partial charge in [-0.3, -0.25) is 4.79 Å². The van der Waals surface area contributed by atoms with Crippen LogP contribution in [0.15, 0.2) is 30.3 Å². The number of hydrogen-bond acceptors (Lipinski definition) is 4. The van der Waals surface area contributed by atoms with Gasteiger partial charge in [0.15, 0.2) is 5.78 Å². The summed E-state index contributed by atoms with van der Waals surface area (Å²) in [5.74, 6) is -0.363. The van der Waals surface area contributed by atoms with E-state index < -0.39 is 12.7 Å². The van der Waals surface area contributed by atoms with E-state index in [2.05, 4.69) is 0 Å². The van der Waals surface area contributed by atoms with Gasteiger partial charge in [-0.15, -0.1) is 0 Å². The van der Waals surface area contributed by atoms with Crippen molar-refractivity contribution >= 4 is 11.9 Å². The Kier molecular flexibility index (Phi) is 5.33. The highest BCUT2D eigenvalue weighted by Crippen LogP contribution is 2.27. The van der Waals surface area contributed by atoms with Crippen LogP contribution in [0.1, 0.15) is 18.9 Å². The Morgan fingerprint density at radius 3 is 2.62 bits per heavy atom. The lowest BCUT2D eigenvalue weighted by atomic mass is 9.90. The summed E-state index contributed by atoms with van der Waals surface area (Å²) >= 11 is 0. The second-order valence-electron chi connectivity index (χ2n) is 5.34. The molecule has 1 aromatic carbocycles. The first-order chi connectivity index (χ1) is 10.2. The number of amides is 1. The molecule has 1 aromatic rings. The van der Waals surface area contributed by atoms with Crippen molar-refractivity contribution in [3.05, 3.63) is 35.9 Å². The maximum absolute atomic E-state index is 12.1. The van der Waals surface area contributed by atoms with Crippen LogP contribution in [-0.2, 0) is 16.1 Å². The molecular weight excluding hydrogens is 270 g/mol. The molecule has 0 bridgehead atoms. The van der Waals surface area contributed by atoms with Crippen LogP contribution in [0.4, 0.5) is 4.79 Å². The summed E-state index contributed by atoms with van der Waals surface area (Å²) < 4.78 is 5.28. The van der Waals surface area contributed by atoms with E-state index in [1.165, 1.54) is 0 Å². The highest BCUT2D eigenvalue weighted by molar-refractivity contribution is 5.83. The van der Waals surface area contributed by atoms with Crippen LogP contribution in [0.2, 0.25) is 0 Å². The number of hydrogen-bond donors (Lipinski definition) is 1. The van der Waals surface area contributed by atoms with Gasteiger partial charge in [0.05, 0.1) is 0 Å². The monoisotopic (exact) mass is 291 g/mol. The van der Waals surface area contributed by atoms with Crippen molar-refractivity contribution < 1.29 is 19.4 Å². The average Bonchev–Trinajstić information content (AvgIpc) is 2.97. The third kappa shape index (κ3) is 3.82. The first-order valence-electron chi connectivity index (χ1n) is 7.24. The van der Waals surface area contributed by atoms with Gasteiger partial charge in [-0.25, -0.2) is 4.79 Å². The summed E-state index contributed by atoms with van der Waals surface area (Å²) in [6, 6.07) is 9.47. The molecule has 1 N–H and O–H groups in total. The maximum atomic E-state index is 12.1. The molecule has 0 unspecified atom stereocenters. The molecule has 2 atom stereocenters. The molecule has 0 saturated carbocycles. The molecule has 0 spiro atoms. The van der Waals surface area contributed by atoms with Gasteiger partial charge in [0, 0.05) is 19.0 Å². The van der Waals surface area contributed by atoms with Gasteiger partial charge < -0.3 is 14.7 Å². The van der Waals surface area contributed by atoms with Crippen molar-refractivity contribution in [1.29, 1.82) is 0 Å². The minimum Gasteiger partial charge on any atom is -0.445 e. The zero-order chi connectivity index (χ0) is 15.2. The van der Waals surface area contributed by atoms with Crippen molar-refractivity contribution in [1.82, 2.24) is 4.90 Å². The second kappa shape index (κ2) is 7.22. The average molecular weight is 291 g/mol. The quantitative estimate of drug-likeness (QED) is 0.899. The molecular formula is C16H21NO4. The van der Waals surface area contributed by atoms with Crippen LogP contribution in [0.5, 0.6) is 0 Å². The number of aliphatic hydroxyl groups excluding tert-OH is 1.